The van der Waals surface area contributed by atoms with Crippen molar-refractivity contribution < 1.29 is 0 Å². The van der Waals surface area contributed by atoms with Gasteiger partial charge in [0.15, 0.2) is 0 Å². The predicted octanol–water partition coefficient (Wildman–Crippen LogP) is 3.43. The van der Waals surface area contributed by atoms with Gasteiger partial charge in [-0.2, -0.15) is 10.4 Å². The molecule has 0 radical (unpaired) electrons. The highest BCUT2D eigenvalue weighted by molar-refractivity contribution is 6.30. The van der Waals surface area contributed by atoms with Gasteiger partial charge in [-0.05, 0) is 30.2 Å². The van der Waals surface area contributed by atoms with Crippen LogP contribution in [-0.2, 0) is 13.0 Å². The minimum atomic E-state index is -0.0950. The number of benzene rings is 2. The van der Waals surface area contributed by atoms with Gasteiger partial charge in [-0.25, -0.2) is 4.68 Å². The Morgan fingerprint density at radius 1 is 1.10 bits per heavy atom. The van der Waals surface area contributed by atoms with Gasteiger partial charge >= 0.3 is 0 Å². The van der Waals surface area contributed by atoms with E-state index in [9.17, 15) is 10.1 Å². The Hall–Kier alpha value is -3.30. The molecule has 152 valence electrons. The summed E-state index contributed by atoms with van der Waals surface area (Å²) in [7, 11) is 0. The lowest BCUT2D eigenvalue weighted by Crippen LogP contribution is -2.28. The van der Waals surface area contributed by atoms with Crippen molar-refractivity contribution in [1.82, 2.24) is 14.7 Å². The van der Waals surface area contributed by atoms with Crippen LogP contribution in [0.2, 0.25) is 5.02 Å². The summed E-state index contributed by atoms with van der Waals surface area (Å²) in [4.78, 5) is 14.9. The molecule has 3 aromatic rings. The molecule has 7 heteroatoms. The van der Waals surface area contributed by atoms with Crippen molar-refractivity contribution in [3.8, 4) is 6.07 Å². The lowest BCUT2D eigenvalue weighted by molar-refractivity contribution is 0.362. The first-order chi connectivity index (χ1) is 14.6. The zero-order chi connectivity index (χ0) is 21.1. The van der Waals surface area contributed by atoms with Crippen LogP contribution in [0.25, 0.3) is 10.8 Å². The first-order valence-corrected chi connectivity index (χ1v) is 10.3. The minimum Gasteiger partial charge on any atom is -0.400 e. The van der Waals surface area contributed by atoms with E-state index < -0.39 is 0 Å². The standard InChI is InChI=1S/C23H22ClN5O/c24-17-8-6-16(7-9-17)14-21-18-4-1-2-5-19(18)23(30)29(27-21)12-3-11-28-13-10-20(26)22(28)15-25/h1-2,4-9H,3,10-14,26H2. The minimum absolute atomic E-state index is 0.0950. The van der Waals surface area contributed by atoms with Gasteiger partial charge in [0.2, 0.25) is 0 Å². The zero-order valence-corrected chi connectivity index (χ0v) is 17.3. The summed E-state index contributed by atoms with van der Waals surface area (Å²) >= 11 is 6.00. The molecule has 2 N–H and O–H groups in total. The first kappa shape index (κ1) is 20.0. The van der Waals surface area contributed by atoms with Gasteiger partial charge in [0, 0.05) is 48.6 Å². The Labute approximate surface area is 179 Å². The SMILES string of the molecule is N#CC1=C(N)CCN1CCCn1nc(Cc2ccc(Cl)cc2)c2ccccc2c1=O. The van der Waals surface area contributed by atoms with Gasteiger partial charge in [-0.15, -0.1) is 0 Å². The lowest BCUT2D eigenvalue weighted by atomic mass is 10.0. The number of hydrogen-bond donors (Lipinski definition) is 1. The number of allylic oxidation sites excluding steroid dienone is 1. The molecule has 2 heterocycles. The van der Waals surface area contributed by atoms with Crippen LogP contribution in [0.1, 0.15) is 24.1 Å². The summed E-state index contributed by atoms with van der Waals surface area (Å²) in [6.45, 7) is 1.89. The third-order valence-electron chi connectivity index (χ3n) is 5.40. The van der Waals surface area contributed by atoms with Crippen LogP contribution in [0.4, 0.5) is 0 Å². The highest BCUT2D eigenvalue weighted by Gasteiger charge is 2.20. The van der Waals surface area contributed by atoms with Crippen molar-refractivity contribution in [3.63, 3.8) is 0 Å². The Balaban J connectivity index is 1.59. The van der Waals surface area contributed by atoms with E-state index in [2.05, 4.69) is 11.2 Å². The van der Waals surface area contributed by atoms with Crippen molar-refractivity contribution in [2.75, 3.05) is 13.1 Å². The molecule has 0 aliphatic carbocycles. The van der Waals surface area contributed by atoms with Gasteiger partial charge in [-0.3, -0.25) is 4.79 Å². The van der Waals surface area contributed by atoms with Crippen LogP contribution in [0.3, 0.4) is 0 Å². The number of nitriles is 1. The van der Waals surface area contributed by atoms with Crippen molar-refractivity contribution in [3.05, 3.63) is 86.6 Å². The number of nitrogens with two attached hydrogens (primary N) is 1. The number of aromatic nitrogens is 2. The molecule has 0 bridgehead atoms. The maximum atomic E-state index is 13.0. The van der Waals surface area contributed by atoms with Gasteiger partial charge in [-0.1, -0.05) is 41.9 Å². The van der Waals surface area contributed by atoms with Crippen molar-refractivity contribution in [2.24, 2.45) is 5.73 Å². The Morgan fingerprint density at radius 2 is 1.83 bits per heavy atom. The smallest absolute Gasteiger partial charge is 0.274 e. The molecule has 6 nitrogen and oxygen atoms in total. The highest BCUT2D eigenvalue weighted by Crippen LogP contribution is 2.20. The van der Waals surface area contributed by atoms with Crippen LogP contribution in [0, 0.1) is 11.3 Å². The van der Waals surface area contributed by atoms with Gasteiger partial charge in [0.05, 0.1) is 11.1 Å². The molecule has 2 aromatic carbocycles. The largest absolute Gasteiger partial charge is 0.400 e. The fourth-order valence-corrected chi connectivity index (χ4v) is 3.98. The van der Waals surface area contributed by atoms with E-state index in [-0.39, 0.29) is 5.56 Å². The summed E-state index contributed by atoms with van der Waals surface area (Å²) in [5.41, 5.74) is 8.93. The maximum Gasteiger partial charge on any atom is 0.274 e. The van der Waals surface area contributed by atoms with Crippen LogP contribution < -0.4 is 11.3 Å². The lowest BCUT2D eigenvalue weighted by Gasteiger charge is -2.18. The summed E-state index contributed by atoms with van der Waals surface area (Å²) in [6.07, 6.45) is 2.02. The second kappa shape index (κ2) is 8.60. The summed E-state index contributed by atoms with van der Waals surface area (Å²) in [6, 6.07) is 17.4. The highest BCUT2D eigenvalue weighted by atomic mass is 35.5. The van der Waals surface area contributed by atoms with E-state index in [0.29, 0.717) is 54.2 Å². The Kier molecular flexibility index (Phi) is 5.73. The van der Waals surface area contributed by atoms with E-state index >= 15 is 0 Å². The molecule has 0 amide bonds. The number of halogens is 1. The average molecular weight is 420 g/mol. The van der Waals surface area contributed by atoms with E-state index in [0.717, 1.165) is 23.2 Å². The molecule has 1 aliphatic heterocycles. The fraction of sp³-hybridized carbons (Fsp3) is 0.261. The molecule has 0 atom stereocenters. The molecule has 4 rings (SSSR count). The quantitative estimate of drug-likeness (QED) is 0.661. The third kappa shape index (κ3) is 4.03. The van der Waals surface area contributed by atoms with Crippen LogP contribution in [-0.4, -0.2) is 27.8 Å². The van der Waals surface area contributed by atoms with Crippen molar-refractivity contribution in [2.45, 2.75) is 25.8 Å². The van der Waals surface area contributed by atoms with Crippen molar-refractivity contribution in [1.29, 1.82) is 5.26 Å². The predicted molar refractivity (Wildman–Crippen MR) is 118 cm³/mol. The molecule has 0 unspecified atom stereocenters. The van der Waals surface area contributed by atoms with E-state index in [4.69, 9.17) is 17.3 Å². The molecular formula is C23H22ClN5O. The van der Waals surface area contributed by atoms with Crippen LogP contribution in [0.5, 0.6) is 0 Å². The van der Waals surface area contributed by atoms with Gasteiger partial charge < -0.3 is 10.6 Å². The van der Waals surface area contributed by atoms with Crippen LogP contribution >= 0.6 is 11.6 Å². The van der Waals surface area contributed by atoms with Gasteiger partial charge in [0.25, 0.3) is 5.56 Å². The molecule has 0 fully saturated rings. The fourth-order valence-electron chi connectivity index (χ4n) is 3.85. The molecular weight excluding hydrogens is 398 g/mol. The normalized spacial score (nSPS) is 13.8. The Morgan fingerprint density at radius 3 is 2.57 bits per heavy atom. The zero-order valence-electron chi connectivity index (χ0n) is 16.5. The molecule has 1 aliphatic rings. The Bertz CT molecular complexity index is 1210. The monoisotopic (exact) mass is 419 g/mol. The van der Waals surface area contributed by atoms with E-state index in [1.165, 1.54) is 0 Å². The summed E-state index contributed by atoms with van der Waals surface area (Å²) in [5.74, 6) is 0. The number of aryl methyl sites for hydroxylation is 1. The maximum absolute atomic E-state index is 13.0. The van der Waals surface area contributed by atoms with Crippen molar-refractivity contribution >= 4 is 22.4 Å². The van der Waals surface area contributed by atoms with E-state index in [1.807, 2.05) is 53.4 Å². The molecule has 30 heavy (non-hydrogen) atoms. The number of nitrogens with zero attached hydrogens (tertiary/aromatic N) is 4. The summed E-state index contributed by atoms with van der Waals surface area (Å²) < 4.78 is 1.54. The van der Waals surface area contributed by atoms with E-state index in [1.54, 1.807) is 4.68 Å². The topological polar surface area (TPSA) is 87.9 Å². The van der Waals surface area contributed by atoms with Gasteiger partial charge in [0.1, 0.15) is 11.8 Å². The average Bonchev–Trinajstić information content (AvgIpc) is 3.12. The second-order valence-electron chi connectivity index (χ2n) is 7.40. The second-order valence-corrected chi connectivity index (χ2v) is 7.84. The molecule has 0 spiro atoms. The third-order valence-corrected chi connectivity index (χ3v) is 5.66. The van der Waals surface area contributed by atoms with Crippen LogP contribution in [0.15, 0.2) is 64.7 Å². The summed E-state index contributed by atoms with van der Waals surface area (Å²) in [5, 5.41) is 16.2. The molecule has 1 aromatic heterocycles. The molecule has 0 saturated carbocycles. The number of fused-ring (bicyclic) bond motifs is 1. The first-order valence-electron chi connectivity index (χ1n) is 9.93. The number of rotatable bonds is 6. The number of hydrogen-bond acceptors (Lipinski definition) is 5. The molecule has 0 saturated heterocycles.